The minimum atomic E-state index is -0.385. The third-order valence-electron chi connectivity index (χ3n) is 4.57. The van der Waals surface area contributed by atoms with Crippen LogP contribution in [-0.4, -0.2) is 30.8 Å². The van der Waals surface area contributed by atoms with Crippen molar-refractivity contribution < 1.29 is 9.18 Å². The van der Waals surface area contributed by atoms with E-state index in [4.69, 9.17) is 0 Å². The van der Waals surface area contributed by atoms with Crippen molar-refractivity contribution >= 4 is 17.8 Å². The summed E-state index contributed by atoms with van der Waals surface area (Å²) in [5.41, 5.74) is 8.03. The summed E-state index contributed by atoms with van der Waals surface area (Å²) in [6, 6.07) is 15.6. The molecule has 0 bridgehead atoms. The minimum Gasteiger partial charge on any atom is -0.378 e. The molecule has 1 amide bonds. The van der Waals surface area contributed by atoms with Gasteiger partial charge < -0.3 is 9.47 Å². The smallest absolute Gasteiger partial charge is 0.271 e. The molecule has 6 heteroatoms. The SMILES string of the molecule is Cc1cc(/C=N\NC(=O)c2ccc(F)cc2)c(C)n1-c1ccc(N(C)C)cc1. The van der Waals surface area contributed by atoms with E-state index in [1.165, 1.54) is 24.3 Å². The molecule has 0 fully saturated rings. The molecule has 0 saturated carbocycles. The van der Waals surface area contributed by atoms with Crippen molar-refractivity contribution in [3.05, 3.63) is 82.9 Å². The second kappa shape index (κ2) is 8.08. The monoisotopic (exact) mass is 378 g/mol. The number of benzene rings is 2. The fourth-order valence-corrected chi connectivity index (χ4v) is 3.04. The average molecular weight is 378 g/mol. The van der Waals surface area contributed by atoms with Crippen LogP contribution in [0.2, 0.25) is 0 Å². The van der Waals surface area contributed by atoms with Crippen molar-refractivity contribution in [3.63, 3.8) is 0 Å². The van der Waals surface area contributed by atoms with E-state index in [1.54, 1.807) is 6.21 Å². The first-order valence-electron chi connectivity index (χ1n) is 8.92. The Kier molecular flexibility index (Phi) is 5.59. The van der Waals surface area contributed by atoms with Gasteiger partial charge in [-0.1, -0.05) is 0 Å². The van der Waals surface area contributed by atoms with Gasteiger partial charge in [0.05, 0.1) is 6.21 Å². The Labute approximate surface area is 164 Å². The highest BCUT2D eigenvalue weighted by atomic mass is 19.1. The first-order valence-corrected chi connectivity index (χ1v) is 8.92. The van der Waals surface area contributed by atoms with Crippen LogP contribution in [0.3, 0.4) is 0 Å². The Morgan fingerprint density at radius 1 is 1.07 bits per heavy atom. The van der Waals surface area contributed by atoms with Crippen molar-refractivity contribution in [2.75, 3.05) is 19.0 Å². The molecule has 0 saturated heterocycles. The summed E-state index contributed by atoms with van der Waals surface area (Å²) in [6.07, 6.45) is 1.62. The molecule has 3 aromatic rings. The van der Waals surface area contributed by atoms with E-state index in [0.717, 1.165) is 28.3 Å². The molecule has 5 nitrogen and oxygen atoms in total. The van der Waals surface area contributed by atoms with Gasteiger partial charge in [0.25, 0.3) is 5.91 Å². The maximum atomic E-state index is 12.9. The Hall–Kier alpha value is -3.41. The zero-order valence-corrected chi connectivity index (χ0v) is 16.4. The highest BCUT2D eigenvalue weighted by molar-refractivity contribution is 5.95. The number of carbonyl (C=O) groups excluding carboxylic acids is 1. The standard InChI is InChI=1S/C22H23FN4O/c1-15-13-18(14-24-25-22(28)17-5-7-19(23)8-6-17)16(2)27(15)21-11-9-20(10-12-21)26(3)4/h5-14H,1-4H3,(H,25,28)/b24-14-. The average Bonchev–Trinajstić information content (AvgIpc) is 2.95. The second-order valence-electron chi connectivity index (χ2n) is 6.78. The molecule has 0 aliphatic heterocycles. The van der Waals surface area contributed by atoms with E-state index >= 15 is 0 Å². The maximum Gasteiger partial charge on any atom is 0.271 e. The van der Waals surface area contributed by atoms with Crippen LogP contribution in [0.1, 0.15) is 27.3 Å². The first-order chi connectivity index (χ1) is 13.4. The van der Waals surface area contributed by atoms with Gasteiger partial charge in [0, 0.05) is 48.0 Å². The normalized spacial score (nSPS) is 11.0. The summed E-state index contributed by atoms with van der Waals surface area (Å²) >= 11 is 0. The van der Waals surface area contributed by atoms with E-state index in [-0.39, 0.29) is 11.7 Å². The number of hydrogen-bond donors (Lipinski definition) is 1. The lowest BCUT2D eigenvalue weighted by Crippen LogP contribution is -2.17. The number of anilines is 1. The van der Waals surface area contributed by atoms with E-state index in [2.05, 4.69) is 44.3 Å². The lowest BCUT2D eigenvalue weighted by Gasteiger charge is -2.14. The van der Waals surface area contributed by atoms with Crippen LogP contribution in [0.15, 0.2) is 59.7 Å². The summed E-state index contributed by atoms with van der Waals surface area (Å²) in [5.74, 6) is -0.768. The first kappa shape index (κ1) is 19.4. The molecule has 0 atom stereocenters. The number of aromatic nitrogens is 1. The molecule has 1 aromatic heterocycles. The third-order valence-corrected chi connectivity index (χ3v) is 4.57. The van der Waals surface area contributed by atoms with Crippen molar-refractivity contribution in [2.45, 2.75) is 13.8 Å². The molecule has 2 aromatic carbocycles. The van der Waals surface area contributed by atoms with E-state index in [9.17, 15) is 9.18 Å². The molecule has 0 radical (unpaired) electrons. The number of hydrogen-bond acceptors (Lipinski definition) is 3. The van der Waals surface area contributed by atoms with Crippen molar-refractivity contribution in [3.8, 4) is 5.69 Å². The molecule has 0 spiro atoms. The van der Waals surface area contributed by atoms with Crippen LogP contribution >= 0.6 is 0 Å². The number of nitrogens with zero attached hydrogens (tertiary/aromatic N) is 3. The molecular weight excluding hydrogens is 355 g/mol. The van der Waals surface area contributed by atoms with E-state index in [1.807, 2.05) is 34.0 Å². The van der Waals surface area contributed by atoms with Gasteiger partial charge in [-0.05, 0) is 68.4 Å². The molecule has 144 valence electrons. The summed E-state index contributed by atoms with van der Waals surface area (Å²) in [6.45, 7) is 4.04. The van der Waals surface area contributed by atoms with Gasteiger partial charge in [-0.2, -0.15) is 5.10 Å². The minimum absolute atomic E-state index is 0.352. The zero-order valence-electron chi connectivity index (χ0n) is 16.4. The van der Waals surface area contributed by atoms with Gasteiger partial charge in [-0.25, -0.2) is 9.82 Å². The number of amides is 1. The number of rotatable bonds is 5. The van der Waals surface area contributed by atoms with E-state index < -0.39 is 0 Å². The molecule has 3 rings (SSSR count). The van der Waals surface area contributed by atoms with Crippen LogP contribution in [0.25, 0.3) is 5.69 Å². The summed E-state index contributed by atoms with van der Waals surface area (Å²) in [5, 5.41) is 4.05. The quantitative estimate of drug-likeness (QED) is 0.538. The van der Waals surface area contributed by atoms with Crippen molar-refractivity contribution in [1.29, 1.82) is 0 Å². The Bertz CT molecular complexity index is 1000. The van der Waals surface area contributed by atoms with Crippen LogP contribution in [0.5, 0.6) is 0 Å². The van der Waals surface area contributed by atoms with Crippen LogP contribution < -0.4 is 10.3 Å². The number of halogens is 1. The van der Waals surface area contributed by atoms with Crippen molar-refractivity contribution in [2.24, 2.45) is 5.10 Å². The number of nitrogens with one attached hydrogen (secondary N) is 1. The van der Waals surface area contributed by atoms with Gasteiger partial charge in [0.2, 0.25) is 0 Å². The lowest BCUT2D eigenvalue weighted by molar-refractivity contribution is 0.0955. The highest BCUT2D eigenvalue weighted by Gasteiger charge is 2.10. The molecule has 1 heterocycles. The second-order valence-corrected chi connectivity index (χ2v) is 6.78. The Morgan fingerprint density at radius 2 is 1.71 bits per heavy atom. The molecule has 1 N–H and O–H groups in total. The summed E-state index contributed by atoms with van der Waals surface area (Å²) in [7, 11) is 4.02. The van der Waals surface area contributed by atoms with Crippen LogP contribution in [0.4, 0.5) is 10.1 Å². The molecule has 28 heavy (non-hydrogen) atoms. The molecular formula is C22H23FN4O. The van der Waals surface area contributed by atoms with Gasteiger partial charge in [-0.15, -0.1) is 0 Å². The Balaban J connectivity index is 1.76. The topological polar surface area (TPSA) is 49.6 Å². The largest absolute Gasteiger partial charge is 0.378 e. The number of hydrazone groups is 1. The predicted octanol–water partition coefficient (Wildman–Crippen LogP) is 4.06. The van der Waals surface area contributed by atoms with Gasteiger partial charge in [0.15, 0.2) is 0 Å². The lowest BCUT2D eigenvalue weighted by atomic mass is 10.2. The number of aryl methyl sites for hydroxylation is 1. The van der Waals surface area contributed by atoms with Gasteiger partial charge in [-0.3, -0.25) is 4.79 Å². The maximum absolute atomic E-state index is 12.9. The van der Waals surface area contributed by atoms with Gasteiger partial charge in [0.1, 0.15) is 5.82 Å². The Morgan fingerprint density at radius 3 is 2.32 bits per heavy atom. The molecule has 0 aliphatic rings. The highest BCUT2D eigenvalue weighted by Crippen LogP contribution is 2.22. The fourth-order valence-electron chi connectivity index (χ4n) is 3.04. The fraction of sp³-hybridized carbons (Fsp3) is 0.182. The zero-order chi connectivity index (χ0) is 20.3. The van der Waals surface area contributed by atoms with Crippen molar-refractivity contribution in [1.82, 2.24) is 9.99 Å². The van der Waals surface area contributed by atoms with E-state index in [0.29, 0.717) is 5.56 Å². The van der Waals surface area contributed by atoms with Crippen LogP contribution in [-0.2, 0) is 0 Å². The molecule has 0 aliphatic carbocycles. The predicted molar refractivity (Wildman–Crippen MR) is 111 cm³/mol. The molecule has 0 unspecified atom stereocenters. The number of carbonyl (C=O) groups is 1. The van der Waals surface area contributed by atoms with Crippen LogP contribution in [0, 0.1) is 19.7 Å². The summed E-state index contributed by atoms with van der Waals surface area (Å²) in [4.78, 5) is 14.1. The third kappa shape index (κ3) is 4.11. The summed E-state index contributed by atoms with van der Waals surface area (Å²) < 4.78 is 15.1. The van der Waals surface area contributed by atoms with Gasteiger partial charge >= 0.3 is 0 Å².